The van der Waals surface area contributed by atoms with Crippen LogP contribution in [0.5, 0.6) is 0 Å². The number of ether oxygens (including phenoxy) is 1. The molecule has 1 aliphatic heterocycles. The largest absolute Gasteiger partial charge is 0.381 e. The lowest BCUT2D eigenvalue weighted by Gasteiger charge is -2.23. The predicted octanol–water partition coefficient (Wildman–Crippen LogP) is 3.29. The topological polar surface area (TPSA) is 21.3 Å². The minimum atomic E-state index is 0.216. The third-order valence-corrected chi connectivity index (χ3v) is 3.90. The van der Waals surface area contributed by atoms with Crippen LogP contribution in [0.3, 0.4) is 0 Å². The van der Waals surface area contributed by atoms with Gasteiger partial charge in [0.1, 0.15) is 0 Å². The third kappa shape index (κ3) is 2.35. The van der Waals surface area contributed by atoms with Gasteiger partial charge in [-0.25, -0.2) is 0 Å². The van der Waals surface area contributed by atoms with Crippen LogP contribution in [0.25, 0.3) is 0 Å². The highest BCUT2D eigenvalue weighted by Gasteiger charge is 2.27. The molecule has 1 aliphatic rings. The van der Waals surface area contributed by atoms with Crippen LogP contribution in [-0.4, -0.2) is 20.3 Å². The Balaban J connectivity index is 2.28. The Labute approximate surface area is 106 Å². The Morgan fingerprint density at radius 2 is 2.25 bits per heavy atom. The third-order valence-electron chi connectivity index (χ3n) is 3.06. The SMILES string of the molecule is CNC(c1cccc(Cl)c1Cl)C1CCOC1. The fourth-order valence-corrected chi connectivity index (χ4v) is 2.65. The molecule has 1 N–H and O–H groups in total. The van der Waals surface area contributed by atoms with Crippen molar-refractivity contribution in [3.05, 3.63) is 33.8 Å². The second-order valence-electron chi connectivity index (χ2n) is 4.03. The number of benzene rings is 1. The Morgan fingerprint density at radius 1 is 1.44 bits per heavy atom. The smallest absolute Gasteiger partial charge is 0.0640 e. The lowest BCUT2D eigenvalue weighted by Crippen LogP contribution is -2.25. The molecule has 0 amide bonds. The molecule has 1 aromatic carbocycles. The summed E-state index contributed by atoms with van der Waals surface area (Å²) in [4.78, 5) is 0. The molecule has 0 spiro atoms. The Kier molecular flexibility index (Phi) is 4.09. The summed E-state index contributed by atoms with van der Waals surface area (Å²) in [5.41, 5.74) is 1.06. The van der Waals surface area contributed by atoms with Crippen LogP contribution in [0.2, 0.25) is 10.0 Å². The summed E-state index contributed by atoms with van der Waals surface area (Å²) >= 11 is 12.3. The van der Waals surface area contributed by atoms with Gasteiger partial charge in [-0.15, -0.1) is 0 Å². The maximum atomic E-state index is 6.23. The van der Waals surface area contributed by atoms with E-state index >= 15 is 0 Å². The zero-order valence-electron chi connectivity index (χ0n) is 9.17. The fraction of sp³-hybridized carbons (Fsp3) is 0.500. The molecule has 4 heteroatoms. The number of hydrogen-bond acceptors (Lipinski definition) is 2. The van der Waals surface area contributed by atoms with Gasteiger partial charge in [-0.3, -0.25) is 0 Å². The lowest BCUT2D eigenvalue weighted by atomic mass is 9.92. The van der Waals surface area contributed by atoms with E-state index in [9.17, 15) is 0 Å². The van der Waals surface area contributed by atoms with Gasteiger partial charge in [0.05, 0.1) is 16.7 Å². The van der Waals surface area contributed by atoms with Crippen molar-refractivity contribution in [1.29, 1.82) is 0 Å². The molecule has 2 atom stereocenters. The van der Waals surface area contributed by atoms with Crippen LogP contribution in [-0.2, 0) is 4.74 Å². The van der Waals surface area contributed by atoms with Crippen LogP contribution >= 0.6 is 23.2 Å². The van der Waals surface area contributed by atoms with Gasteiger partial charge in [-0.2, -0.15) is 0 Å². The first-order valence-corrected chi connectivity index (χ1v) is 6.18. The highest BCUT2D eigenvalue weighted by atomic mass is 35.5. The molecule has 88 valence electrons. The second kappa shape index (κ2) is 5.37. The quantitative estimate of drug-likeness (QED) is 0.900. The van der Waals surface area contributed by atoms with Gasteiger partial charge in [0.15, 0.2) is 0 Å². The molecule has 2 unspecified atom stereocenters. The number of hydrogen-bond donors (Lipinski definition) is 1. The summed E-state index contributed by atoms with van der Waals surface area (Å²) in [7, 11) is 1.94. The van der Waals surface area contributed by atoms with E-state index in [0.717, 1.165) is 25.2 Å². The summed E-state index contributed by atoms with van der Waals surface area (Å²) in [6.07, 6.45) is 1.06. The summed E-state index contributed by atoms with van der Waals surface area (Å²) in [5, 5.41) is 4.56. The molecule has 0 bridgehead atoms. The van der Waals surface area contributed by atoms with Gasteiger partial charge < -0.3 is 10.1 Å². The molecule has 16 heavy (non-hydrogen) atoms. The normalized spacial score (nSPS) is 22.3. The molecular weight excluding hydrogens is 245 g/mol. The molecule has 1 fully saturated rings. The summed E-state index contributed by atoms with van der Waals surface area (Å²) < 4.78 is 5.42. The fourth-order valence-electron chi connectivity index (χ4n) is 2.22. The van der Waals surface area contributed by atoms with Crippen LogP contribution in [0, 0.1) is 5.92 Å². The van der Waals surface area contributed by atoms with Crippen molar-refractivity contribution >= 4 is 23.2 Å². The van der Waals surface area contributed by atoms with E-state index in [4.69, 9.17) is 27.9 Å². The van der Waals surface area contributed by atoms with Crippen LogP contribution < -0.4 is 5.32 Å². The highest BCUT2D eigenvalue weighted by molar-refractivity contribution is 6.42. The summed E-state index contributed by atoms with van der Waals surface area (Å²) in [5.74, 6) is 0.473. The molecule has 1 heterocycles. The van der Waals surface area contributed by atoms with Crippen molar-refractivity contribution in [2.45, 2.75) is 12.5 Å². The zero-order valence-corrected chi connectivity index (χ0v) is 10.7. The highest BCUT2D eigenvalue weighted by Crippen LogP contribution is 2.35. The Morgan fingerprint density at radius 3 is 2.88 bits per heavy atom. The van der Waals surface area contributed by atoms with Crippen molar-refractivity contribution in [3.63, 3.8) is 0 Å². The average molecular weight is 260 g/mol. The standard InChI is InChI=1S/C12H15Cl2NO/c1-15-12(8-5-6-16-7-8)9-3-2-4-10(13)11(9)14/h2-4,8,12,15H,5-7H2,1H3. The van der Waals surface area contributed by atoms with E-state index in [-0.39, 0.29) is 6.04 Å². The van der Waals surface area contributed by atoms with Crippen molar-refractivity contribution in [2.75, 3.05) is 20.3 Å². The van der Waals surface area contributed by atoms with Crippen molar-refractivity contribution in [2.24, 2.45) is 5.92 Å². The molecule has 2 rings (SSSR count). The van der Waals surface area contributed by atoms with Crippen molar-refractivity contribution in [3.8, 4) is 0 Å². The minimum absolute atomic E-state index is 0.216. The molecular formula is C12H15Cl2NO. The predicted molar refractivity (Wildman–Crippen MR) is 67.2 cm³/mol. The van der Waals surface area contributed by atoms with Gasteiger partial charge >= 0.3 is 0 Å². The van der Waals surface area contributed by atoms with E-state index < -0.39 is 0 Å². The van der Waals surface area contributed by atoms with E-state index in [1.807, 2.05) is 25.2 Å². The van der Waals surface area contributed by atoms with E-state index in [2.05, 4.69) is 5.32 Å². The second-order valence-corrected chi connectivity index (χ2v) is 4.82. The monoisotopic (exact) mass is 259 g/mol. The molecule has 2 nitrogen and oxygen atoms in total. The number of rotatable bonds is 3. The van der Waals surface area contributed by atoms with Gasteiger partial charge in [0.2, 0.25) is 0 Å². The molecule has 0 radical (unpaired) electrons. The average Bonchev–Trinajstić information content (AvgIpc) is 2.79. The molecule has 1 saturated heterocycles. The van der Waals surface area contributed by atoms with E-state index in [0.29, 0.717) is 16.0 Å². The molecule has 1 aromatic rings. The molecule has 0 aromatic heterocycles. The Bertz CT molecular complexity index is 364. The summed E-state index contributed by atoms with van der Waals surface area (Å²) in [6, 6.07) is 5.98. The maximum Gasteiger partial charge on any atom is 0.0640 e. The molecule has 0 saturated carbocycles. The first kappa shape index (κ1) is 12.2. The van der Waals surface area contributed by atoms with Gasteiger partial charge in [-0.05, 0) is 25.1 Å². The van der Waals surface area contributed by atoms with E-state index in [1.165, 1.54) is 0 Å². The van der Waals surface area contributed by atoms with Crippen molar-refractivity contribution in [1.82, 2.24) is 5.32 Å². The van der Waals surface area contributed by atoms with Crippen molar-refractivity contribution < 1.29 is 4.74 Å². The first-order chi connectivity index (χ1) is 7.74. The van der Waals surface area contributed by atoms with E-state index in [1.54, 1.807) is 0 Å². The number of halogens is 2. The van der Waals surface area contributed by atoms with Gasteiger partial charge in [-0.1, -0.05) is 35.3 Å². The zero-order chi connectivity index (χ0) is 11.5. The number of nitrogens with one attached hydrogen (secondary N) is 1. The Hall–Kier alpha value is -0.280. The maximum absolute atomic E-state index is 6.23. The minimum Gasteiger partial charge on any atom is -0.381 e. The molecule has 0 aliphatic carbocycles. The first-order valence-electron chi connectivity index (χ1n) is 5.43. The van der Waals surface area contributed by atoms with Crippen LogP contribution in [0.1, 0.15) is 18.0 Å². The van der Waals surface area contributed by atoms with Gasteiger partial charge in [0, 0.05) is 18.6 Å². The summed E-state index contributed by atoms with van der Waals surface area (Å²) in [6.45, 7) is 1.62. The van der Waals surface area contributed by atoms with Gasteiger partial charge in [0.25, 0.3) is 0 Å². The van der Waals surface area contributed by atoms with Crippen LogP contribution in [0.15, 0.2) is 18.2 Å². The van der Waals surface area contributed by atoms with Crippen LogP contribution in [0.4, 0.5) is 0 Å². The lowest BCUT2D eigenvalue weighted by molar-refractivity contribution is 0.178.